The summed E-state index contributed by atoms with van der Waals surface area (Å²) in [5.41, 5.74) is 0.854. The van der Waals surface area contributed by atoms with Crippen LogP contribution in [0.25, 0.3) is 0 Å². The molecule has 1 N–H and O–H groups in total. The van der Waals surface area contributed by atoms with Gasteiger partial charge < -0.3 is 14.4 Å². The van der Waals surface area contributed by atoms with E-state index in [1.807, 2.05) is 6.92 Å². The van der Waals surface area contributed by atoms with E-state index in [0.717, 1.165) is 11.3 Å². The fourth-order valence-corrected chi connectivity index (χ4v) is 1.77. The van der Waals surface area contributed by atoms with E-state index in [1.165, 1.54) is 23.1 Å². The van der Waals surface area contributed by atoms with Gasteiger partial charge in [0.15, 0.2) is 0 Å². The van der Waals surface area contributed by atoms with Gasteiger partial charge in [-0.1, -0.05) is 6.07 Å². The number of carboxylic acids is 1. The van der Waals surface area contributed by atoms with Crippen molar-refractivity contribution >= 4 is 11.9 Å². The SMILES string of the molecule is Cc1occc1CN(C)C(=O)c1cccc(C(=O)O)n1. The Balaban J connectivity index is 2.16. The van der Waals surface area contributed by atoms with Crippen LogP contribution in [-0.4, -0.2) is 33.9 Å². The molecule has 0 fully saturated rings. The van der Waals surface area contributed by atoms with Crippen molar-refractivity contribution in [2.45, 2.75) is 13.5 Å². The summed E-state index contributed by atoms with van der Waals surface area (Å²) in [5, 5.41) is 8.87. The van der Waals surface area contributed by atoms with Crippen LogP contribution in [0.15, 0.2) is 34.9 Å². The van der Waals surface area contributed by atoms with Crippen molar-refractivity contribution in [2.24, 2.45) is 0 Å². The van der Waals surface area contributed by atoms with Gasteiger partial charge in [-0.2, -0.15) is 0 Å². The fourth-order valence-electron chi connectivity index (χ4n) is 1.77. The van der Waals surface area contributed by atoms with Gasteiger partial charge >= 0.3 is 5.97 Å². The standard InChI is InChI=1S/C14H14N2O4/c1-9-10(6-7-20-9)8-16(2)13(17)11-4-3-5-12(15-11)14(18)19/h3-7H,8H2,1-2H3,(H,18,19). The maximum absolute atomic E-state index is 12.2. The molecular formula is C14H14N2O4. The third kappa shape index (κ3) is 2.85. The van der Waals surface area contributed by atoms with Gasteiger partial charge in [0, 0.05) is 19.2 Å². The molecule has 104 valence electrons. The molecule has 0 atom stereocenters. The lowest BCUT2D eigenvalue weighted by atomic mass is 10.2. The van der Waals surface area contributed by atoms with E-state index in [-0.39, 0.29) is 17.3 Å². The minimum atomic E-state index is -1.16. The second-order valence-electron chi connectivity index (χ2n) is 4.38. The number of aryl methyl sites for hydroxylation is 1. The molecule has 0 bridgehead atoms. The molecule has 0 aliphatic rings. The first-order chi connectivity index (χ1) is 9.49. The first kappa shape index (κ1) is 13.8. The molecule has 1 amide bonds. The first-order valence-corrected chi connectivity index (χ1v) is 5.98. The average Bonchev–Trinajstić information content (AvgIpc) is 2.83. The smallest absolute Gasteiger partial charge is 0.354 e. The molecule has 6 heteroatoms. The summed E-state index contributed by atoms with van der Waals surface area (Å²) >= 11 is 0. The number of hydrogen-bond acceptors (Lipinski definition) is 4. The van der Waals surface area contributed by atoms with Crippen molar-refractivity contribution in [2.75, 3.05) is 7.05 Å². The Morgan fingerprint density at radius 1 is 1.30 bits per heavy atom. The quantitative estimate of drug-likeness (QED) is 0.921. The second kappa shape index (κ2) is 5.56. The van der Waals surface area contributed by atoms with Crippen molar-refractivity contribution in [3.8, 4) is 0 Å². The lowest BCUT2D eigenvalue weighted by Gasteiger charge is -2.16. The highest BCUT2D eigenvalue weighted by Gasteiger charge is 2.16. The molecule has 2 aromatic heterocycles. The maximum Gasteiger partial charge on any atom is 0.354 e. The van der Waals surface area contributed by atoms with Crippen LogP contribution in [0.1, 0.15) is 32.3 Å². The summed E-state index contributed by atoms with van der Waals surface area (Å²) in [6.07, 6.45) is 1.56. The molecule has 2 aromatic rings. The number of nitrogens with zero attached hydrogens (tertiary/aromatic N) is 2. The number of furan rings is 1. The Kier molecular flexibility index (Phi) is 3.84. The zero-order valence-corrected chi connectivity index (χ0v) is 11.2. The molecule has 0 saturated carbocycles. The van der Waals surface area contributed by atoms with Crippen molar-refractivity contribution in [3.05, 3.63) is 53.2 Å². The summed E-state index contributed by atoms with van der Waals surface area (Å²) in [4.78, 5) is 28.3. The van der Waals surface area contributed by atoms with E-state index in [9.17, 15) is 9.59 Å². The number of pyridine rings is 1. The van der Waals surface area contributed by atoms with Gasteiger partial charge in [-0.15, -0.1) is 0 Å². The average molecular weight is 274 g/mol. The topological polar surface area (TPSA) is 83.6 Å². The Hall–Kier alpha value is -2.63. The van der Waals surface area contributed by atoms with Crippen LogP contribution in [0.5, 0.6) is 0 Å². The molecule has 2 rings (SSSR count). The molecular weight excluding hydrogens is 260 g/mol. The van der Waals surface area contributed by atoms with Crippen LogP contribution in [0.3, 0.4) is 0 Å². The zero-order chi connectivity index (χ0) is 14.7. The molecule has 20 heavy (non-hydrogen) atoms. The number of carboxylic acid groups (broad SMARTS) is 1. The van der Waals surface area contributed by atoms with Gasteiger partial charge in [0.1, 0.15) is 17.1 Å². The van der Waals surface area contributed by atoms with Gasteiger partial charge in [-0.25, -0.2) is 9.78 Å². The van der Waals surface area contributed by atoms with Crippen molar-refractivity contribution < 1.29 is 19.1 Å². The number of carbonyl (C=O) groups is 2. The van der Waals surface area contributed by atoms with E-state index in [1.54, 1.807) is 19.4 Å². The van der Waals surface area contributed by atoms with Crippen LogP contribution in [-0.2, 0) is 6.54 Å². The third-order valence-corrected chi connectivity index (χ3v) is 2.91. The monoisotopic (exact) mass is 274 g/mol. The Morgan fingerprint density at radius 2 is 2.00 bits per heavy atom. The van der Waals surface area contributed by atoms with Gasteiger partial charge in [0.2, 0.25) is 0 Å². The summed E-state index contributed by atoms with van der Waals surface area (Å²) in [6.45, 7) is 2.19. The lowest BCUT2D eigenvalue weighted by molar-refractivity contribution is 0.0690. The van der Waals surface area contributed by atoms with Crippen LogP contribution < -0.4 is 0 Å². The molecule has 0 aliphatic heterocycles. The minimum Gasteiger partial charge on any atom is -0.477 e. The first-order valence-electron chi connectivity index (χ1n) is 5.98. The van der Waals surface area contributed by atoms with Crippen LogP contribution in [0, 0.1) is 6.92 Å². The number of carbonyl (C=O) groups excluding carboxylic acids is 1. The van der Waals surface area contributed by atoms with Crippen molar-refractivity contribution in [1.82, 2.24) is 9.88 Å². The van der Waals surface area contributed by atoms with Crippen LogP contribution in [0.2, 0.25) is 0 Å². The molecule has 0 aliphatic carbocycles. The number of aromatic carboxylic acids is 1. The number of amides is 1. The van der Waals surface area contributed by atoms with E-state index in [2.05, 4.69) is 4.98 Å². The minimum absolute atomic E-state index is 0.105. The summed E-state index contributed by atoms with van der Waals surface area (Å²) in [6, 6.07) is 6.13. The van der Waals surface area contributed by atoms with Gasteiger partial charge in [0.05, 0.1) is 6.26 Å². The fraction of sp³-hybridized carbons (Fsp3) is 0.214. The molecule has 0 aromatic carbocycles. The van der Waals surface area contributed by atoms with E-state index >= 15 is 0 Å². The summed E-state index contributed by atoms with van der Waals surface area (Å²) in [7, 11) is 1.63. The van der Waals surface area contributed by atoms with E-state index in [0.29, 0.717) is 6.54 Å². The summed E-state index contributed by atoms with van der Waals surface area (Å²) < 4.78 is 5.17. The molecule has 0 radical (unpaired) electrons. The Labute approximate surface area is 115 Å². The van der Waals surface area contributed by atoms with Gasteiger partial charge in [0.25, 0.3) is 5.91 Å². The van der Waals surface area contributed by atoms with Gasteiger partial charge in [-0.3, -0.25) is 4.79 Å². The predicted molar refractivity (Wildman–Crippen MR) is 70.4 cm³/mol. The third-order valence-electron chi connectivity index (χ3n) is 2.91. The molecule has 0 unspecified atom stereocenters. The number of aromatic nitrogens is 1. The highest BCUT2D eigenvalue weighted by Crippen LogP contribution is 2.12. The maximum atomic E-state index is 12.2. The molecule has 0 spiro atoms. The number of rotatable bonds is 4. The van der Waals surface area contributed by atoms with Crippen molar-refractivity contribution in [3.63, 3.8) is 0 Å². The summed E-state index contributed by atoms with van der Waals surface area (Å²) in [5.74, 6) is -0.751. The normalized spacial score (nSPS) is 10.3. The lowest BCUT2D eigenvalue weighted by Crippen LogP contribution is -2.27. The van der Waals surface area contributed by atoms with Gasteiger partial charge in [-0.05, 0) is 25.1 Å². The predicted octanol–water partition coefficient (Wildman–Crippen LogP) is 1.95. The number of hydrogen-bond donors (Lipinski definition) is 1. The second-order valence-corrected chi connectivity index (χ2v) is 4.38. The van der Waals surface area contributed by atoms with E-state index < -0.39 is 5.97 Å². The Morgan fingerprint density at radius 3 is 2.60 bits per heavy atom. The highest BCUT2D eigenvalue weighted by atomic mass is 16.4. The molecule has 2 heterocycles. The zero-order valence-electron chi connectivity index (χ0n) is 11.2. The van der Waals surface area contributed by atoms with Crippen molar-refractivity contribution in [1.29, 1.82) is 0 Å². The largest absolute Gasteiger partial charge is 0.477 e. The molecule has 6 nitrogen and oxygen atoms in total. The molecule has 0 saturated heterocycles. The Bertz CT molecular complexity index is 648. The van der Waals surface area contributed by atoms with E-state index in [4.69, 9.17) is 9.52 Å². The van der Waals surface area contributed by atoms with Crippen LogP contribution in [0.4, 0.5) is 0 Å². The van der Waals surface area contributed by atoms with Crippen LogP contribution >= 0.6 is 0 Å². The highest BCUT2D eigenvalue weighted by molar-refractivity contribution is 5.94.